The number of hydrogen-bond acceptors (Lipinski definition) is 7. The molecule has 0 atom stereocenters. The van der Waals surface area contributed by atoms with Crippen molar-refractivity contribution in [2.24, 2.45) is 5.73 Å². The lowest BCUT2D eigenvalue weighted by Crippen LogP contribution is -2.43. The van der Waals surface area contributed by atoms with E-state index in [-0.39, 0.29) is 52.6 Å². The molecule has 0 saturated carbocycles. The second-order valence-electron chi connectivity index (χ2n) is 2.94. The van der Waals surface area contributed by atoms with Crippen LogP contribution >= 0.6 is 0 Å². The second-order valence-corrected chi connectivity index (χ2v) is 2.94. The Hall–Kier alpha value is -0.280. The lowest BCUT2D eigenvalue weighted by atomic mass is 10.3. The summed E-state index contributed by atoms with van der Waals surface area (Å²) in [6, 6.07) is 0. The number of aliphatic hydroxyl groups is 3. The van der Waals surface area contributed by atoms with E-state index in [0.29, 0.717) is 0 Å². The number of ether oxygens (including phenoxy) is 3. The first-order valence-corrected chi connectivity index (χ1v) is 5.19. The Kier molecular flexibility index (Phi) is 9.74. The van der Waals surface area contributed by atoms with Gasteiger partial charge in [0.05, 0.1) is 39.6 Å². The molecular formula is C9H21NO6. The van der Waals surface area contributed by atoms with Gasteiger partial charge in [-0.1, -0.05) is 0 Å². The molecule has 0 rings (SSSR count). The highest BCUT2D eigenvalue weighted by Gasteiger charge is 2.32. The van der Waals surface area contributed by atoms with Crippen LogP contribution in [-0.2, 0) is 14.2 Å². The van der Waals surface area contributed by atoms with Gasteiger partial charge in [-0.05, 0) is 0 Å². The van der Waals surface area contributed by atoms with E-state index < -0.39 is 5.97 Å². The molecule has 0 spiro atoms. The number of hydrogen-bond donors (Lipinski definition) is 4. The van der Waals surface area contributed by atoms with Crippen molar-refractivity contribution in [2.45, 2.75) is 12.4 Å². The van der Waals surface area contributed by atoms with Crippen LogP contribution in [0.1, 0.15) is 6.42 Å². The van der Waals surface area contributed by atoms with Gasteiger partial charge in [0.2, 0.25) is 0 Å². The van der Waals surface area contributed by atoms with Crippen LogP contribution in [0.2, 0.25) is 0 Å². The highest BCUT2D eigenvalue weighted by atomic mass is 16.9. The van der Waals surface area contributed by atoms with Crippen LogP contribution in [0.5, 0.6) is 0 Å². The molecule has 0 bridgehead atoms. The summed E-state index contributed by atoms with van der Waals surface area (Å²) in [6.07, 6.45) is 0.243. The van der Waals surface area contributed by atoms with Crippen LogP contribution in [0.4, 0.5) is 0 Å². The minimum Gasteiger partial charge on any atom is -0.394 e. The maximum Gasteiger partial charge on any atom is 0.284 e. The van der Waals surface area contributed by atoms with E-state index in [1.54, 1.807) is 0 Å². The number of nitrogens with two attached hydrogens (primary N) is 1. The van der Waals surface area contributed by atoms with Gasteiger partial charge in [-0.3, -0.25) is 0 Å². The van der Waals surface area contributed by atoms with Gasteiger partial charge in [0, 0.05) is 13.0 Å². The fourth-order valence-corrected chi connectivity index (χ4v) is 1.12. The van der Waals surface area contributed by atoms with Crippen molar-refractivity contribution in [3.8, 4) is 0 Å². The van der Waals surface area contributed by atoms with Gasteiger partial charge in [0.1, 0.15) is 0 Å². The van der Waals surface area contributed by atoms with Gasteiger partial charge in [-0.15, -0.1) is 0 Å². The topological polar surface area (TPSA) is 114 Å². The monoisotopic (exact) mass is 239 g/mol. The molecule has 7 heteroatoms. The van der Waals surface area contributed by atoms with Crippen LogP contribution in [0.3, 0.4) is 0 Å². The van der Waals surface area contributed by atoms with Crippen LogP contribution in [-0.4, -0.2) is 67.5 Å². The van der Waals surface area contributed by atoms with Crippen molar-refractivity contribution in [1.82, 2.24) is 0 Å². The maximum atomic E-state index is 8.68. The van der Waals surface area contributed by atoms with E-state index in [0.717, 1.165) is 0 Å². The molecule has 0 aliphatic heterocycles. The Bertz CT molecular complexity index is 135. The molecule has 0 aliphatic carbocycles. The SMILES string of the molecule is NCCC(OCCO)(OCCO)OCCO. The molecular weight excluding hydrogens is 218 g/mol. The average Bonchev–Trinajstić information content (AvgIpc) is 2.31. The summed E-state index contributed by atoms with van der Waals surface area (Å²) in [4.78, 5) is 0. The zero-order valence-corrected chi connectivity index (χ0v) is 9.30. The molecule has 16 heavy (non-hydrogen) atoms. The molecule has 5 N–H and O–H groups in total. The van der Waals surface area contributed by atoms with Crippen molar-refractivity contribution < 1.29 is 29.5 Å². The van der Waals surface area contributed by atoms with Crippen LogP contribution in [0.15, 0.2) is 0 Å². The molecule has 0 fully saturated rings. The predicted molar refractivity (Wildman–Crippen MR) is 55.5 cm³/mol. The molecule has 0 aliphatic rings. The third-order valence-corrected chi connectivity index (χ3v) is 1.69. The van der Waals surface area contributed by atoms with Crippen molar-refractivity contribution in [3.05, 3.63) is 0 Å². The van der Waals surface area contributed by atoms with Crippen molar-refractivity contribution in [1.29, 1.82) is 0 Å². The van der Waals surface area contributed by atoms with E-state index in [4.69, 9.17) is 35.3 Å². The predicted octanol–water partition coefficient (Wildman–Crippen LogP) is -1.98. The van der Waals surface area contributed by atoms with E-state index in [1.807, 2.05) is 0 Å². The zero-order chi connectivity index (χ0) is 12.3. The van der Waals surface area contributed by atoms with Crippen molar-refractivity contribution in [3.63, 3.8) is 0 Å². The minimum absolute atomic E-state index is 0.0247. The molecule has 0 aromatic rings. The van der Waals surface area contributed by atoms with Gasteiger partial charge < -0.3 is 35.3 Å². The summed E-state index contributed by atoms with van der Waals surface area (Å²) in [5, 5.41) is 26.0. The molecule has 7 nitrogen and oxygen atoms in total. The highest BCUT2D eigenvalue weighted by molar-refractivity contribution is 4.59. The summed E-state index contributed by atoms with van der Waals surface area (Å²) in [5.41, 5.74) is 5.40. The summed E-state index contributed by atoms with van der Waals surface area (Å²) >= 11 is 0. The number of rotatable bonds is 11. The fourth-order valence-electron chi connectivity index (χ4n) is 1.12. The first-order chi connectivity index (χ1) is 7.74. The Balaban J connectivity index is 4.32. The first kappa shape index (κ1) is 15.7. The van der Waals surface area contributed by atoms with Crippen LogP contribution in [0.25, 0.3) is 0 Å². The van der Waals surface area contributed by atoms with E-state index >= 15 is 0 Å². The Morgan fingerprint density at radius 1 is 0.812 bits per heavy atom. The van der Waals surface area contributed by atoms with E-state index in [1.165, 1.54) is 0 Å². The summed E-state index contributed by atoms with van der Waals surface area (Å²) in [5.74, 6) is -1.40. The molecule has 0 aromatic heterocycles. The standard InChI is InChI=1S/C9H21NO6/c10-2-1-9(14-6-3-11,15-7-4-12)16-8-5-13/h11-13H,1-8,10H2. The maximum absolute atomic E-state index is 8.68. The van der Waals surface area contributed by atoms with Gasteiger partial charge in [-0.25, -0.2) is 0 Å². The smallest absolute Gasteiger partial charge is 0.284 e. The third kappa shape index (κ3) is 6.33. The van der Waals surface area contributed by atoms with Crippen molar-refractivity contribution in [2.75, 3.05) is 46.2 Å². The summed E-state index contributed by atoms with van der Waals surface area (Å²) in [7, 11) is 0. The number of aliphatic hydroxyl groups excluding tert-OH is 3. The van der Waals surface area contributed by atoms with Gasteiger partial charge >= 0.3 is 0 Å². The first-order valence-electron chi connectivity index (χ1n) is 5.19. The average molecular weight is 239 g/mol. The Morgan fingerprint density at radius 2 is 1.19 bits per heavy atom. The largest absolute Gasteiger partial charge is 0.394 e. The van der Waals surface area contributed by atoms with E-state index in [2.05, 4.69) is 0 Å². The van der Waals surface area contributed by atoms with Gasteiger partial charge in [0.15, 0.2) is 0 Å². The lowest BCUT2D eigenvalue weighted by molar-refractivity contribution is -0.385. The molecule has 0 radical (unpaired) electrons. The van der Waals surface area contributed by atoms with Crippen LogP contribution in [0, 0.1) is 0 Å². The zero-order valence-electron chi connectivity index (χ0n) is 9.30. The van der Waals surface area contributed by atoms with Crippen molar-refractivity contribution >= 4 is 0 Å². The third-order valence-electron chi connectivity index (χ3n) is 1.69. The molecule has 0 unspecified atom stereocenters. The van der Waals surface area contributed by atoms with Gasteiger partial charge in [0.25, 0.3) is 5.97 Å². The molecule has 0 heterocycles. The molecule has 0 aromatic carbocycles. The minimum atomic E-state index is -1.40. The van der Waals surface area contributed by atoms with E-state index in [9.17, 15) is 0 Å². The van der Waals surface area contributed by atoms with Crippen LogP contribution < -0.4 is 5.73 Å². The molecule has 0 amide bonds. The Morgan fingerprint density at radius 3 is 1.44 bits per heavy atom. The second kappa shape index (κ2) is 9.91. The normalized spacial score (nSPS) is 12.0. The quantitative estimate of drug-likeness (QED) is 0.309. The Labute approximate surface area is 94.7 Å². The summed E-state index contributed by atoms with van der Waals surface area (Å²) < 4.78 is 15.7. The van der Waals surface area contributed by atoms with Gasteiger partial charge in [-0.2, -0.15) is 0 Å². The summed E-state index contributed by atoms with van der Waals surface area (Å²) in [6.45, 7) is -0.223. The molecule has 0 saturated heterocycles. The fraction of sp³-hybridized carbons (Fsp3) is 1.00. The highest BCUT2D eigenvalue weighted by Crippen LogP contribution is 2.19. The lowest BCUT2D eigenvalue weighted by Gasteiger charge is -2.32. The molecule has 98 valence electrons.